The summed E-state index contributed by atoms with van der Waals surface area (Å²) < 4.78 is 0.934. The number of hydrazone groups is 1. The van der Waals surface area contributed by atoms with Crippen LogP contribution in [-0.2, 0) is 0 Å². The van der Waals surface area contributed by atoms with Crippen LogP contribution in [0.15, 0.2) is 58.1 Å². The molecule has 0 spiro atoms. The van der Waals surface area contributed by atoms with Gasteiger partial charge < -0.3 is 5.11 Å². The Balaban J connectivity index is 2.03. The second kappa shape index (κ2) is 6.15. The fourth-order valence-electron chi connectivity index (χ4n) is 1.48. The van der Waals surface area contributed by atoms with E-state index < -0.39 is 5.91 Å². The number of halogens is 1. The number of carbonyl (C=O) groups is 1. The van der Waals surface area contributed by atoms with Crippen molar-refractivity contribution in [1.82, 2.24) is 5.43 Å². The standard InChI is InChI=1S/C14H11BrN2O2/c15-11-5-3-4-10(8-11)9-16-17-14(19)12-6-1-2-7-13(12)18/h1-9,18H,(H,17,19)/b16-9+. The second-order valence-corrected chi connectivity index (χ2v) is 4.69. The minimum absolute atomic E-state index is 0.0716. The maximum absolute atomic E-state index is 11.7. The van der Waals surface area contributed by atoms with E-state index in [2.05, 4.69) is 26.5 Å². The van der Waals surface area contributed by atoms with Crippen LogP contribution in [-0.4, -0.2) is 17.2 Å². The monoisotopic (exact) mass is 318 g/mol. The van der Waals surface area contributed by atoms with Gasteiger partial charge in [-0.3, -0.25) is 4.79 Å². The van der Waals surface area contributed by atoms with Gasteiger partial charge in [-0.1, -0.05) is 40.2 Å². The van der Waals surface area contributed by atoms with Crippen molar-refractivity contribution >= 4 is 28.1 Å². The van der Waals surface area contributed by atoms with Crippen molar-refractivity contribution in [2.24, 2.45) is 5.10 Å². The quantitative estimate of drug-likeness (QED) is 0.675. The lowest BCUT2D eigenvalue weighted by molar-refractivity contribution is 0.0952. The van der Waals surface area contributed by atoms with Crippen molar-refractivity contribution in [2.75, 3.05) is 0 Å². The summed E-state index contributed by atoms with van der Waals surface area (Å²) >= 11 is 3.35. The third kappa shape index (κ3) is 3.66. The van der Waals surface area contributed by atoms with Crippen molar-refractivity contribution in [3.63, 3.8) is 0 Å². The molecule has 0 bridgehead atoms. The van der Waals surface area contributed by atoms with Crippen LogP contribution in [0.1, 0.15) is 15.9 Å². The molecule has 0 heterocycles. The number of aromatic hydroxyl groups is 1. The van der Waals surface area contributed by atoms with Gasteiger partial charge in [0.15, 0.2) is 0 Å². The number of para-hydroxylation sites is 1. The van der Waals surface area contributed by atoms with E-state index in [1.807, 2.05) is 24.3 Å². The first kappa shape index (κ1) is 13.3. The number of hydrogen-bond acceptors (Lipinski definition) is 3. The number of amides is 1. The number of phenols is 1. The zero-order valence-corrected chi connectivity index (χ0v) is 11.5. The van der Waals surface area contributed by atoms with Crippen LogP contribution in [0, 0.1) is 0 Å². The van der Waals surface area contributed by atoms with Gasteiger partial charge in [0.25, 0.3) is 5.91 Å². The lowest BCUT2D eigenvalue weighted by atomic mass is 10.2. The topological polar surface area (TPSA) is 61.7 Å². The summed E-state index contributed by atoms with van der Waals surface area (Å²) in [5, 5.41) is 13.4. The molecule has 2 N–H and O–H groups in total. The number of hydrogen-bond donors (Lipinski definition) is 2. The fourth-order valence-corrected chi connectivity index (χ4v) is 1.90. The number of phenolic OH excluding ortho intramolecular Hbond substituents is 1. The van der Waals surface area contributed by atoms with E-state index in [-0.39, 0.29) is 11.3 Å². The molecule has 19 heavy (non-hydrogen) atoms. The Kier molecular flexibility index (Phi) is 4.30. The molecule has 0 saturated carbocycles. The number of benzene rings is 2. The summed E-state index contributed by atoms with van der Waals surface area (Å²) in [5.74, 6) is -0.526. The molecule has 2 rings (SSSR count). The van der Waals surface area contributed by atoms with Gasteiger partial charge in [-0.15, -0.1) is 0 Å². The molecule has 0 radical (unpaired) electrons. The maximum Gasteiger partial charge on any atom is 0.275 e. The molecule has 2 aromatic rings. The first-order chi connectivity index (χ1) is 9.16. The summed E-state index contributed by atoms with van der Waals surface area (Å²) in [5.41, 5.74) is 3.41. The van der Waals surface area contributed by atoms with Gasteiger partial charge in [0, 0.05) is 4.47 Å². The summed E-state index contributed by atoms with van der Waals surface area (Å²) in [6.07, 6.45) is 1.53. The molecule has 96 valence electrons. The Bertz CT molecular complexity index is 626. The van der Waals surface area contributed by atoms with Crippen LogP contribution in [0.5, 0.6) is 5.75 Å². The van der Waals surface area contributed by atoms with Crippen molar-refractivity contribution in [2.45, 2.75) is 0 Å². The molecule has 0 unspecified atom stereocenters. The van der Waals surface area contributed by atoms with Crippen molar-refractivity contribution in [1.29, 1.82) is 0 Å². The third-order valence-electron chi connectivity index (χ3n) is 2.38. The number of carbonyl (C=O) groups excluding carboxylic acids is 1. The van der Waals surface area contributed by atoms with Crippen molar-refractivity contribution in [3.05, 3.63) is 64.1 Å². The van der Waals surface area contributed by atoms with E-state index in [9.17, 15) is 9.90 Å². The predicted molar refractivity (Wildman–Crippen MR) is 77.3 cm³/mol. The summed E-state index contributed by atoms with van der Waals surface area (Å²) in [6.45, 7) is 0. The van der Waals surface area contributed by atoms with E-state index in [1.54, 1.807) is 12.1 Å². The normalized spacial score (nSPS) is 10.6. The summed E-state index contributed by atoms with van der Waals surface area (Å²) in [4.78, 5) is 11.7. The summed E-state index contributed by atoms with van der Waals surface area (Å²) in [6, 6.07) is 13.8. The van der Waals surface area contributed by atoms with Crippen molar-refractivity contribution < 1.29 is 9.90 Å². The molecule has 0 atom stereocenters. The Morgan fingerprint density at radius 3 is 2.74 bits per heavy atom. The van der Waals surface area contributed by atoms with Gasteiger partial charge in [0.05, 0.1) is 11.8 Å². The van der Waals surface area contributed by atoms with Gasteiger partial charge in [0.2, 0.25) is 0 Å². The largest absolute Gasteiger partial charge is 0.507 e. The van der Waals surface area contributed by atoms with Gasteiger partial charge >= 0.3 is 0 Å². The lowest BCUT2D eigenvalue weighted by Gasteiger charge is -2.01. The van der Waals surface area contributed by atoms with Crippen molar-refractivity contribution in [3.8, 4) is 5.75 Å². The molecular formula is C14H11BrN2O2. The number of nitrogens with zero attached hydrogens (tertiary/aromatic N) is 1. The molecule has 0 aliphatic heterocycles. The zero-order valence-electron chi connectivity index (χ0n) is 9.88. The Morgan fingerprint density at radius 1 is 1.21 bits per heavy atom. The van der Waals surface area contributed by atoms with E-state index in [0.29, 0.717) is 0 Å². The first-order valence-corrected chi connectivity index (χ1v) is 6.33. The van der Waals surface area contributed by atoms with Crippen LogP contribution in [0.25, 0.3) is 0 Å². The van der Waals surface area contributed by atoms with Crippen LogP contribution in [0.3, 0.4) is 0 Å². The molecule has 0 aromatic heterocycles. The number of rotatable bonds is 3. The van der Waals surface area contributed by atoms with Gasteiger partial charge in [0.1, 0.15) is 5.75 Å². The van der Waals surface area contributed by atoms with E-state index >= 15 is 0 Å². The highest BCUT2D eigenvalue weighted by Crippen LogP contribution is 2.15. The molecule has 5 heteroatoms. The van der Waals surface area contributed by atoms with Gasteiger partial charge in [-0.25, -0.2) is 5.43 Å². The molecule has 4 nitrogen and oxygen atoms in total. The van der Waals surface area contributed by atoms with E-state index in [0.717, 1.165) is 10.0 Å². The highest BCUT2D eigenvalue weighted by atomic mass is 79.9. The third-order valence-corrected chi connectivity index (χ3v) is 2.87. The van der Waals surface area contributed by atoms with Gasteiger partial charge in [-0.05, 0) is 29.8 Å². The molecule has 0 fully saturated rings. The fraction of sp³-hybridized carbons (Fsp3) is 0. The van der Waals surface area contributed by atoms with Crippen LogP contribution in [0.2, 0.25) is 0 Å². The van der Waals surface area contributed by atoms with E-state index in [4.69, 9.17) is 0 Å². The molecular weight excluding hydrogens is 308 g/mol. The second-order valence-electron chi connectivity index (χ2n) is 3.77. The molecule has 1 amide bonds. The van der Waals surface area contributed by atoms with Crippen LogP contribution < -0.4 is 5.43 Å². The van der Waals surface area contributed by atoms with Crippen LogP contribution in [0.4, 0.5) is 0 Å². The average Bonchev–Trinajstić information content (AvgIpc) is 2.39. The predicted octanol–water partition coefficient (Wildman–Crippen LogP) is 2.92. The Morgan fingerprint density at radius 2 is 2.00 bits per heavy atom. The highest BCUT2D eigenvalue weighted by Gasteiger charge is 2.08. The molecule has 0 aliphatic carbocycles. The van der Waals surface area contributed by atoms with Crippen LogP contribution >= 0.6 is 15.9 Å². The lowest BCUT2D eigenvalue weighted by Crippen LogP contribution is -2.17. The SMILES string of the molecule is O=C(N/N=C/c1cccc(Br)c1)c1ccccc1O. The Hall–Kier alpha value is -2.14. The molecule has 0 saturated heterocycles. The summed E-state index contributed by atoms with van der Waals surface area (Å²) in [7, 11) is 0. The minimum Gasteiger partial charge on any atom is -0.507 e. The molecule has 0 aliphatic rings. The zero-order chi connectivity index (χ0) is 13.7. The maximum atomic E-state index is 11.7. The average molecular weight is 319 g/mol. The minimum atomic E-state index is -0.454. The molecule has 2 aromatic carbocycles. The Labute approximate surface area is 118 Å². The smallest absolute Gasteiger partial charge is 0.275 e. The van der Waals surface area contributed by atoms with Gasteiger partial charge in [-0.2, -0.15) is 5.10 Å². The van der Waals surface area contributed by atoms with E-state index in [1.165, 1.54) is 18.3 Å². The first-order valence-electron chi connectivity index (χ1n) is 5.54. The highest BCUT2D eigenvalue weighted by molar-refractivity contribution is 9.10. The number of nitrogens with one attached hydrogen (secondary N) is 1.